The Bertz CT molecular complexity index is 1250. The molecule has 182 valence electrons. The number of halogens is 4. The van der Waals surface area contributed by atoms with Gasteiger partial charge < -0.3 is 9.73 Å². The van der Waals surface area contributed by atoms with Crippen LogP contribution in [0, 0.1) is 5.82 Å². The average molecular weight is 504 g/mol. The molecule has 10 heteroatoms. The third-order valence-corrected chi connectivity index (χ3v) is 5.99. The number of aromatic nitrogens is 1. The first kappa shape index (κ1) is 24.6. The van der Waals surface area contributed by atoms with Crippen LogP contribution in [0.1, 0.15) is 37.9 Å². The molecule has 5 nitrogen and oxygen atoms in total. The molecule has 2 aromatic heterocycles. The zero-order valence-corrected chi connectivity index (χ0v) is 19.2. The number of alkyl halides is 3. The van der Waals surface area contributed by atoms with Crippen molar-refractivity contribution < 1.29 is 26.8 Å². The Hall–Kier alpha value is -3.50. The quantitative estimate of drug-likeness (QED) is 0.284. The van der Waals surface area contributed by atoms with Gasteiger partial charge in [-0.15, -0.1) is 11.3 Å². The summed E-state index contributed by atoms with van der Waals surface area (Å²) in [6.07, 6.45) is -3.18. The number of oxazole rings is 1. The third-order valence-electron chi connectivity index (χ3n) is 5.13. The number of hydrogen-bond acceptors (Lipinski definition) is 5. The number of rotatable bonds is 9. The molecule has 2 aromatic carbocycles. The summed E-state index contributed by atoms with van der Waals surface area (Å²) in [5.41, 5.74) is 0.603. The van der Waals surface area contributed by atoms with Crippen molar-refractivity contribution in [3.63, 3.8) is 0 Å². The molecule has 0 aliphatic heterocycles. The molecule has 0 saturated heterocycles. The molecule has 35 heavy (non-hydrogen) atoms. The second-order valence-corrected chi connectivity index (χ2v) is 8.89. The predicted octanol–water partition coefficient (Wildman–Crippen LogP) is 6.03. The summed E-state index contributed by atoms with van der Waals surface area (Å²) in [5, 5.41) is 4.62. The molecule has 4 rings (SSSR count). The van der Waals surface area contributed by atoms with Gasteiger partial charge in [0, 0.05) is 24.5 Å². The molecular weight excluding hydrogens is 482 g/mol. The summed E-state index contributed by atoms with van der Waals surface area (Å²) in [6.45, 7) is 1.10. The highest BCUT2D eigenvalue weighted by Gasteiger charge is 2.30. The first-order valence-corrected chi connectivity index (χ1v) is 11.5. The zero-order valence-electron chi connectivity index (χ0n) is 18.4. The highest BCUT2D eigenvalue weighted by molar-refractivity contribution is 7.09. The minimum absolute atomic E-state index is 0.0808. The van der Waals surface area contributed by atoms with Crippen molar-refractivity contribution in [2.75, 3.05) is 0 Å². The number of benzene rings is 2. The molecule has 0 bridgehead atoms. The standard InChI is InChI=1S/C25H21F4N3O2S/c26-20-8-6-17(7-9-20)12-30-24(33)22-16-34-23(31-22)15-32(14-21-5-2-10-35-21)13-18-3-1-4-19(11-18)25(27,28)29/h1-11,16H,12-15H2,(H,30,33). The molecule has 0 saturated carbocycles. The molecule has 4 aromatic rings. The number of nitrogens with one attached hydrogen (secondary N) is 1. The van der Waals surface area contributed by atoms with Crippen molar-refractivity contribution in [3.05, 3.63) is 111 Å². The Morgan fingerprint density at radius 3 is 2.51 bits per heavy atom. The SMILES string of the molecule is O=C(NCc1ccc(F)cc1)c1coc(CN(Cc2cccc(C(F)(F)F)c2)Cc2cccs2)n1. The minimum atomic E-state index is -4.42. The first-order valence-electron chi connectivity index (χ1n) is 10.6. The number of nitrogens with zero attached hydrogens (tertiary/aromatic N) is 2. The van der Waals surface area contributed by atoms with Gasteiger partial charge in [-0.1, -0.05) is 36.4 Å². The molecule has 0 unspecified atom stereocenters. The van der Waals surface area contributed by atoms with Gasteiger partial charge in [0.25, 0.3) is 5.91 Å². The Morgan fingerprint density at radius 1 is 1.00 bits per heavy atom. The number of amides is 1. The minimum Gasteiger partial charge on any atom is -0.447 e. The van der Waals surface area contributed by atoms with Gasteiger partial charge in [-0.2, -0.15) is 13.2 Å². The topological polar surface area (TPSA) is 58.4 Å². The van der Waals surface area contributed by atoms with Gasteiger partial charge in [0.1, 0.15) is 12.1 Å². The molecule has 0 atom stereocenters. The second-order valence-electron chi connectivity index (χ2n) is 7.86. The normalized spacial score (nSPS) is 11.7. The van der Waals surface area contributed by atoms with Crippen LogP contribution in [0.2, 0.25) is 0 Å². The Morgan fingerprint density at radius 2 is 1.80 bits per heavy atom. The van der Waals surface area contributed by atoms with E-state index in [-0.39, 0.29) is 37.0 Å². The summed E-state index contributed by atoms with van der Waals surface area (Å²) in [6, 6.07) is 14.8. The lowest BCUT2D eigenvalue weighted by molar-refractivity contribution is -0.137. The highest BCUT2D eigenvalue weighted by Crippen LogP contribution is 2.30. The van der Waals surface area contributed by atoms with E-state index in [4.69, 9.17) is 4.42 Å². The summed E-state index contributed by atoms with van der Waals surface area (Å²) in [5.74, 6) is -0.550. The van der Waals surface area contributed by atoms with Crippen molar-refractivity contribution in [3.8, 4) is 0 Å². The Labute approximate surface area is 203 Å². The van der Waals surface area contributed by atoms with E-state index in [2.05, 4.69) is 10.3 Å². The molecule has 0 aliphatic rings. The summed E-state index contributed by atoms with van der Waals surface area (Å²) >= 11 is 1.53. The number of carbonyl (C=O) groups is 1. The average Bonchev–Trinajstić information content (AvgIpc) is 3.50. The van der Waals surface area contributed by atoms with E-state index in [1.165, 1.54) is 35.8 Å². The fourth-order valence-corrected chi connectivity index (χ4v) is 4.20. The fraction of sp³-hybridized carbons (Fsp3) is 0.200. The summed E-state index contributed by atoms with van der Waals surface area (Å²) in [7, 11) is 0. The van der Waals surface area contributed by atoms with Crippen LogP contribution in [0.4, 0.5) is 17.6 Å². The van der Waals surface area contributed by atoms with Crippen LogP contribution in [0.5, 0.6) is 0 Å². The lowest BCUT2D eigenvalue weighted by atomic mass is 10.1. The van der Waals surface area contributed by atoms with Crippen LogP contribution >= 0.6 is 11.3 Å². The number of carbonyl (C=O) groups excluding carboxylic acids is 1. The summed E-state index contributed by atoms with van der Waals surface area (Å²) in [4.78, 5) is 19.6. The predicted molar refractivity (Wildman–Crippen MR) is 123 cm³/mol. The maximum Gasteiger partial charge on any atom is 0.416 e. The van der Waals surface area contributed by atoms with Gasteiger partial charge in [0.2, 0.25) is 5.89 Å². The van der Waals surface area contributed by atoms with Crippen molar-refractivity contribution in [1.82, 2.24) is 15.2 Å². The number of thiophene rings is 1. The molecule has 2 heterocycles. The molecule has 0 spiro atoms. The third kappa shape index (κ3) is 7.00. The van der Waals surface area contributed by atoms with E-state index in [0.717, 1.165) is 22.6 Å². The van der Waals surface area contributed by atoms with Gasteiger partial charge in [-0.25, -0.2) is 9.37 Å². The van der Waals surface area contributed by atoms with Crippen LogP contribution in [0.25, 0.3) is 0 Å². The van der Waals surface area contributed by atoms with Crippen molar-refractivity contribution in [2.24, 2.45) is 0 Å². The van der Waals surface area contributed by atoms with Crippen LogP contribution < -0.4 is 5.32 Å². The van der Waals surface area contributed by atoms with E-state index in [9.17, 15) is 22.4 Å². The van der Waals surface area contributed by atoms with Gasteiger partial charge in [-0.3, -0.25) is 9.69 Å². The van der Waals surface area contributed by atoms with Crippen LogP contribution in [-0.4, -0.2) is 15.8 Å². The van der Waals surface area contributed by atoms with Crippen LogP contribution in [0.3, 0.4) is 0 Å². The smallest absolute Gasteiger partial charge is 0.416 e. The maximum absolute atomic E-state index is 13.1. The van der Waals surface area contributed by atoms with E-state index in [1.807, 2.05) is 22.4 Å². The van der Waals surface area contributed by atoms with Gasteiger partial charge in [0.15, 0.2) is 5.69 Å². The maximum atomic E-state index is 13.1. The first-order chi connectivity index (χ1) is 16.8. The van der Waals surface area contributed by atoms with E-state index in [0.29, 0.717) is 12.1 Å². The summed E-state index contributed by atoms with van der Waals surface area (Å²) < 4.78 is 57.9. The molecule has 0 aliphatic carbocycles. The van der Waals surface area contributed by atoms with E-state index < -0.39 is 17.6 Å². The van der Waals surface area contributed by atoms with Crippen molar-refractivity contribution in [1.29, 1.82) is 0 Å². The number of hydrogen-bond donors (Lipinski definition) is 1. The molecule has 0 fully saturated rings. The Kier molecular flexibility index (Phi) is 7.62. The van der Waals surface area contributed by atoms with Gasteiger partial charge in [0.05, 0.1) is 12.1 Å². The lowest BCUT2D eigenvalue weighted by Gasteiger charge is -2.21. The molecule has 1 N–H and O–H groups in total. The molecular formula is C25H21F4N3O2S. The van der Waals surface area contributed by atoms with Crippen LogP contribution in [-0.2, 0) is 32.4 Å². The van der Waals surface area contributed by atoms with E-state index >= 15 is 0 Å². The zero-order chi connectivity index (χ0) is 24.8. The van der Waals surface area contributed by atoms with Gasteiger partial charge >= 0.3 is 6.18 Å². The monoisotopic (exact) mass is 503 g/mol. The van der Waals surface area contributed by atoms with Gasteiger partial charge in [-0.05, 0) is 40.8 Å². The van der Waals surface area contributed by atoms with E-state index in [1.54, 1.807) is 18.2 Å². The largest absolute Gasteiger partial charge is 0.447 e. The van der Waals surface area contributed by atoms with Crippen molar-refractivity contribution in [2.45, 2.75) is 32.4 Å². The van der Waals surface area contributed by atoms with Crippen LogP contribution in [0.15, 0.2) is 76.7 Å². The second kappa shape index (κ2) is 10.8. The molecule has 0 radical (unpaired) electrons. The molecule has 1 amide bonds. The Balaban J connectivity index is 1.43. The lowest BCUT2D eigenvalue weighted by Crippen LogP contribution is -2.24. The highest BCUT2D eigenvalue weighted by atomic mass is 32.1. The van der Waals surface area contributed by atoms with Crippen molar-refractivity contribution >= 4 is 17.2 Å². The fourth-order valence-electron chi connectivity index (χ4n) is 3.45.